The molecule has 0 fully saturated rings. The van der Waals surface area contributed by atoms with E-state index in [1.807, 2.05) is 0 Å². The first kappa shape index (κ1) is 14.8. The lowest BCUT2D eigenvalue weighted by Crippen LogP contribution is -2.34. The van der Waals surface area contributed by atoms with Crippen molar-refractivity contribution in [3.8, 4) is 0 Å². The smallest absolute Gasteiger partial charge is 0.327 e. The zero-order valence-electron chi connectivity index (χ0n) is 8.45. The van der Waals surface area contributed by atoms with Crippen LogP contribution in [0.4, 0.5) is 0 Å². The van der Waals surface area contributed by atoms with Crippen LogP contribution in [0.2, 0.25) is 0 Å². The van der Waals surface area contributed by atoms with Crippen molar-refractivity contribution in [3.05, 3.63) is 0 Å². The highest BCUT2D eigenvalue weighted by molar-refractivity contribution is 7.87. The molecular formula is C7H12O8S. The highest BCUT2D eigenvalue weighted by atomic mass is 32.2. The van der Waals surface area contributed by atoms with Gasteiger partial charge in [-0.05, 0) is 0 Å². The zero-order valence-corrected chi connectivity index (χ0v) is 9.27. The maximum Gasteiger partial charge on any atom is 0.327 e. The molecule has 2 N–H and O–H groups in total. The molecule has 9 heteroatoms. The first-order chi connectivity index (χ1) is 7.29. The highest BCUT2D eigenvalue weighted by Gasteiger charge is 2.34. The van der Waals surface area contributed by atoms with E-state index < -0.39 is 33.7 Å². The number of carbonyl (C=O) groups excluding carboxylic acids is 1. The average molecular weight is 256 g/mol. The number of carboxylic acids is 1. The average Bonchev–Trinajstić information content (AvgIpc) is 2.12. The van der Waals surface area contributed by atoms with E-state index in [9.17, 15) is 18.0 Å². The van der Waals surface area contributed by atoms with Crippen molar-refractivity contribution in [2.24, 2.45) is 0 Å². The van der Waals surface area contributed by atoms with Gasteiger partial charge in [0.2, 0.25) is 0 Å². The Labute approximate surface area is 91.9 Å². The minimum absolute atomic E-state index is 0.0387. The van der Waals surface area contributed by atoms with Crippen molar-refractivity contribution in [1.82, 2.24) is 0 Å². The van der Waals surface area contributed by atoms with Crippen LogP contribution >= 0.6 is 0 Å². The maximum atomic E-state index is 11.1. The van der Waals surface area contributed by atoms with Crippen LogP contribution in [0, 0.1) is 0 Å². The Morgan fingerprint density at radius 1 is 1.31 bits per heavy atom. The summed E-state index contributed by atoms with van der Waals surface area (Å²) in [6, 6.07) is 0. The molecule has 0 rings (SSSR count). The molecule has 1 atom stereocenters. The quantitative estimate of drug-likeness (QED) is 0.334. The molecule has 0 spiro atoms. The molecule has 0 amide bonds. The lowest BCUT2D eigenvalue weighted by Gasteiger charge is -2.10. The van der Waals surface area contributed by atoms with Crippen LogP contribution in [0.5, 0.6) is 0 Å². The summed E-state index contributed by atoms with van der Waals surface area (Å²) in [5, 5.41) is 6.25. The van der Waals surface area contributed by atoms with Gasteiger partial charge in [-0.3, -0.25) is 14.1 Å². The summed E-state index contributed by atoms with van der Waals surface area (Å²) in [4.78, 5) is 21.4. The SMILES string of the molecule is COCCOC(=O)C(CC(=O)O)S(=O)(=O)O. The monoisotopic (exact) mass is 256 g/mol. The number of methoxy groups -OCH3 is 1. The molecule has 0 aliphatic heterocycles. The summed E-state index contributed by atoms with van der Waals surface area (Å²) in [6.45, 7) is -0.183. The van der Waals surface area contributed by atoms with E-state index in [0.29, 0.717) is 0 Å². The van der Waals surface area contributed by atoms with E-state index >= 15 is 0 Å². The third-order valence-corrected chi connectivity index (χ3v) is 2.59. The van der Waals surface area contributed by atoms with Gasteiger partial charge in [0.05, 0.1) is 13.0 Å². The molecule has 0 saturated heterocycles. The molecule has 0 radical (unpaired) electrons. The van der Waals surface area contributed by atoms with Crippen LogP contribution in [0.25, 0.3) is 0 Å². The topological polar surface area (TPSA) is 127 Å². The van der Waals surface area contributed by atoms with E-state index in [2.05, 4.69) is 9.47 Å². The van der Waals surface area contributed by atoms with Crippen LogP contribution in [0.15, 0.2) is 0 Å². The van der Waals surface area contributed by atoms with E-state index in [1.165, 1.54) is 7.11 Å². The van der Waals surface area contributed by atoms with Crippen molar-refractivity contribution in [2.45, 2.75) is 11.7 Å². The Bertz CT molecular complexity index is 345. The molecule has 8 nitrogen and oxygen atoms in total. The first-order valence-electron chi connectivity index (χ1n) is 4.12. The van der Waals surface area contributed by atoms with Gasteiger partial charge in [-0.2, -0.15) is 8.42 Å². The van der Waals surface area contributed by atoms with Gasteiger partial charge in [0.25, 0.3) is 10.1 Å². The normalized spacial score (nSPS) is 13.1. The number of carboxylic acid groups (broad SMARTS) is 1. The largest absolute Gasteiger partial charge is 0.481 e. The lowest BCUT2D eigenvalue weighted by molar-refractivity contribution is -0.148. The van der Waals surface area contributed by atoms with Crippen LogP contribution in [-0.2, 0) is 29.2 Å². The van der Waals surface area contributed by atoms with Crippen LogP contribution in [-0.4, -0.2) is 55.6 Å². The van der Waals surface area contributed by atoms with Gasteiger partial charge in [-0.25, -0.2) is 0 Å². The molecule has 0 aliphatic rings. The van der Waals surface area contributed by atoms with Gasteiger partial charge in [-0.1, -0.05) is 0 Å². The van der Waals surface area contributed by atoms with Gasteiger partial charge in [0, 0.05) is 7.11 Å². The number of esters is 1. The second kappa shape index (κ2) is 6.40. The summed E-state index contributed by atoms with van der Waals surface area (Å²) in [5.74, 6) is -2.85. The maximum absolute atomic E-state index is 11.1. The Balaban J connectivity index is 4.52. The van der Waals surface area contributed by atoms with Gasteiger partial charge in [-0.15, -0.1) is 0 Å². The predicted octanol–water partition coefficient (Wildman–Crippen LogP) is -1.09. The van der Waals surface area contributed by atoms with Crippen molar-refractivity contribution in [3.63, 3.8) is 0 Å². The molecule has 0 aromatic heterocycles. The fraction of sp³-hybridized carbons (Fsp3) is 0.714. The number of hydrogen-bond donors (Lipinski definition) is 2. The standard InChI is InChI=1S/C7H12O8S/c1-14-2-3-15-7(10)5(4-6(8)9)16(11,12)13/h5H,2-4H2,1H3,(H,8,9)(H,11,12,13). The molecule has 0 aromatic rings. The lowest BCUT2D eigenvalue weighted by atomic mass is 10.3. The fourth-order valence-electron chi connectivity index (χ4n) is 0.787. The number of rotatable bonds is 7. The number of carbonyl (C=O) groups is 2. The molecule has 16 heavy (non-hydrogen) atoms. The Morgan fingerprint density at radius 2 is 1.88 bits per heavy atom. The highest BCUT2D eigenvalue weighted by Crippen LogP contribution is 2.07. The number of hydrogen-bond acceptors (Lipinski definition) is 6. The van der Waals surface area contributed by atoms with Gasteiger partial charge >= 0.3 is 11.9 Å². The second-order valence-corrected chi connectivity index (χ2v) is 4.36. The minimum atomic E-state index is -4.79. The summed E-state index contributed by atoms with van der Waals surface area (Å²) >= 11 is 0. The molecule has 0 heterocycles. The predicted molar refractivity (Wildman–Crippen MR) is 50.4 cm³/mol. The summed E-state index contributed by atoms with van der Waals surface area (Å²) in [5.41, 5.74) is 0. The molecule has 1 unspecified atom stereocenters. The van der Waals surface area contributed by atoms with E-state index in [4.69, 9.17) is 9.66 Å². The molecule has 0 aliphatic carbocycles. The molecule has 0 aromatic carbocycles. The van der Waals surface area contributed by atoms with Crippen molar-refractivity contribution in [1.29, 1.82) is 0 Å². The Kier molecular flexibility index (Phi) is 5.93. The van der Waals surface area contributed by atoms with Crippen LogP contribution in [0.1, 0.15) is 6.42 Å². The van der Waals surface area contributed by atoms with Crippen molar-refractivity contribution >= 4 is 22.1 Å². The third-order valence-electron chi connectivity index (χ3n) is 1.51. The van der Waals surface area contributed by atoms with E-state index in [0.717, 1.165) is 0 Å². The van der Waals surface area contributed by atoms with E-state index in [-0.39, 0.29) is 13.2 Å². The summed E-state index contributed by atoms with van der Waals surface area (Å²) < 4.78 is 39.0. The molecule has 94 valence electrons. The first-order valence-corrected chi connectivity index (χ1v) is 5.63. The summed E-state index contributed by atoms with van der Waals surface area (Å²) in [6.07, 6.45) is -1.05. The van der Waals surface area contributed by atoms with Crippen molar-refractivity contribution in [2.75, 3.05) is 20.3 Å². The Hall–Kier alpha value is -1.19. The fourth-order valence-corrected chi connectivity index (χ4v) is 1.45. The number of ether oxygens (including phenoxy) is 2. The van der Waals surface area contributed by atoms with E-state index in [1.54, 1.807) is 0 Å². The van der Waals surface area contributed by atoms with Gasteiger partial charge < -0.3 is 14.6 Å². The second-order valence-electron chi connectivity index (χ2n) is 2.76. The molecular weight excluding hydrogens is 244 g/mol. The van der Waals surface area contributed by atoms with Crippen LogP contribution < -0.4 is 0 Å². The molecule has 0 saturated carbocycles. The van der Waals surface area contributed by atoms with Crippen molar-refractivity contribution < 1.29 is 37.1 Å². The number of aliphatic carboxylic acids is 1. The van der Waals surface area contributed by atoms with Crippen LogP contribution in [0.3, 0.4) is 0 Å². The Morgan fingerprint density at radius 3 is 2.25 bits per heavy atom. The van der Waals surface area contributed by atoms with Gasteiger partial charge in [0.15, 0.2) is 5.25 Å². The minimum Gasteiger partial charge on any atom is -0.481 e. The molecule has 0 bridgehead atoms. The third kappa shape index (κ3) is 5.63. The van der Waals surface area contributed by atoms with Gasteiger partial charge in [0.1, 0.15) is 6.61 Å². The zero-order chi connectivity index (χ0) is 12.8. The summed E-state index contributed by atoms with van der Waals surface area (Å²) in [7, 11) is -3.45.